The van der Waals surface area contributed by atoms with Gasteiger partial charge in [0.2, 0.25) is 0 Å². The van der Waals surface area contributed by atoms with Gasteiger partial charge in [-0.15, -0.1) is 0 Å². The van der Waals surface area contributed by atoms with E-state index in [-0.39, 0.29) is 5.97 Å². The first-order valence-corrected chi connectivity index (χ1v) is 15.3. The third-order valence-corrected chi connectivity index (χ3v) is 10.1. The summed E-state index contributed by atoms with van der Waals surface area (Å²) in [6.45, 7) is 18.9. The van der Waals surface area contributed by atoms with Crippen molar-refractivity contribution in [2.75, 3.05) is 26.7 Å². The first kappa shape index (κ1) is 22.8. The number of rotatable bonds is 11. The van der Waals surface area contributed by atoms with E-state index >= 15 is 0 Å². The Labute approximate surface area is 148 Å². The molecule has 0 aromatic rings. The molecule has 0 heterocycles. The Balaban J connectivity index is 4.02. The van der Waals surface area contributed by atoms with Crippen LogP contribution in [0.3, 0.4) is 0 Å². The number of carbonyl (C=O) groups excluding carboxylic acids is 1. The molecule has 0 aliphatic carbocycles. The van der Waals surface area contributed by atoms with Gasteiger partial charge in [-0.2, -0.15) is 0 Å². The summed E-state index contributed by atoms with van der Waals surface area (Å²) in [4.78, 5) is 11.4. The minimum atomic E-state index is -1.53. The van der Waals surface area contributed by atoms with Gasteiger partial charge in [-0.25, -0.2) is 4.79 Å². The number of carbonyl (C=O) groups is 1. The van der Waals surface area contributed by atoms with Gasteiger partial charge in [0.25, 0.3) is 0 Å². The van der Waals surface area contributed by atoms with E-state index in [0.29, 0.717) is 16.3 Å². The van der Waals surface area contributed by atoms with Crippen molar-refractivity contribution < 1.29 is 17.8 Å². The minimum absolute atomic E-state index is 0.312. The summed E-state index contributed by atoms with van der Waals surface area (Å²) in [5.74, 6) is -0.312. The Bertz CT molecular complexity index is 404. The molecule has 0 spiro atoms. The van der Waals surface area contributed by atoms with Gasteiger partial charge in [-0.3, -0.25) is 0 Å². The van der Waals surface area contributed by atoms with E-state index in [2.05, 4.69) is 56.8 Å². The maximum Gasteiger partial charge on any atom is 0.449 e. The van der Waals surface area contributed by atoms with Gasteiger partial charge < -0.3 is 13.0 Å². The summed E-state index contributed by atoms with van der Waals surface area (Å²) in [6.07, 6.45) is 2.33. The molecule has 0 amide bonds. The molecule has 23 heavy (non-hydrogen) atoms. The number of nitrogens with zero attached hydrogens (tertiary/aromatic N) is 1. The number of quaternary nitrogens is 1. The number of esters is 1. The van der Waals surface area contributed by atoms with Crippen LogP contribution in [-0.2, 0) is 13.6 Å². The second kappa shape index (κ2) is 9.31. The lowest BCUT2D eigenvalue weighted by Crippen LogP contribution is -2.45. The van der Waals surface area contributed by atoms with Crippen LogP contribution in [0.1, 0.15) is 19.8 Å². The van der Waals surface area contributed by atoms with Crippen LogP contribution in [-0.4, -0.2) is 63.9 Å². The Hall–Kier alpha value is -0.219. The lowest BCUT2D eigenvalue weighted by Gasteiger charge is -2.33. The average molecular weight is 374 g/mol. The molecule has 0 saturated carbocycles. The Morgan fingerprint density at radius 3 is 2.17 bits per heavy atom. The predicted molar refractivity (Wildman–Crippen MR) is 103 cm³/mol. The second-order valence-electron chi connectivity index (χ2n) is 8.19. The Morgan fingerprint density at radius 1 is 1.13 bits per heavy atom. The third-order valence-electron chi connectivity index (χ3n) is 3.43. The van der Waals surface area contributed by atoms with E-state index in [1.165, 1.54) is 12.5 Å². The number of hydrogen-bond acceptors (Lipinski definition) is 3. The van der Waals surface area contributed by atoms with E-state index in [9.17, 15) is 4.79 Å². The molecule has 0 saturated heterocycles. The van der Waals surface area contributed by atoms with Crippen LogP contribution in [0, 0.1) is 0 Å². The van der Waals surface area contributed by atoms with Crippen LogP contribution in [0.25, 0.3) is 0 Å². The third kappa shape index (κ3) is 12.8. The number of hydrogen-bond donors (Lipinski definition) is 0. The zero-order chi connectivity index (χ0) is 18.3. The van der Waals surface area contributed by atoms with Gasteiger partial charge >= 0.3 is 16.4 Å². The van der Waals surface area contributed by atoms with Crippen LogP contribution in [0.15, 0.2) is 12.2 Å². The molecule has 0 aliphatic rings. The summed E-state index contributed by atoms with van der Waals surface area (Å²) in [5.41, 5.74) is 0.447. The molecule has 1 atom stereocenters. The van der Waals surface area contributed by atoms with E-state index in [0.717, 1.165) is 19.5 Å². The van der Waals surface area contributed by atoms with Crippen molar-refractivity contribution in [2.45, 2.75) is 58.5 Å². The SMILES string of the molecule is C=C(C)C(=O)OCC[N+](C)([Si])CCCC[Si](C)(C)O[Si](C)(C)C. The second-order valence-corrected chi connectivity index (χ2v) is 18.3. The van der Waals surface area contributed by atoms with Gasteiger partial charge in [0, 0.05) is 5.57 Å². The van der Waals surface area contributed by atoms with Crippen molar-refractivity contribution in [2.24, 2.45) is 0 Å². The molecular formula is C16H35NO3Si3+. The fourth-order valence-electron chi connectivity index (χ4n) is 2.47. The number of likely N-dealkylation sites (N-methyl/N-ethyl adjacent to an activating group) is 1. The van der Waals surface area contributed by atoms with Crippen LogP contribution in [0.2, 0.25) is 38.8 Å². The van der Waals surface area contributed by atoms with Crippen molar-refractivity contribution in [3.63, 3.8) is 0 Å². The van der Waals surface area contributed by atoms with Gasteiger partial charge in [-0.1, -0.05) is 6.58 Å². The lowest BCUT2D eigenvalue weighted by atomic mass is 10.3. The fourth-order valence-corrected chi connectivity index (χ4v) is 10.9. The molecule has 0 aromatic carbocycles. The standard InChI is InChI=1S/C16H35NO3Si3/c1-15(2)16(18)19-13-12-17(3,21)11-9-10-14-23(7,8)20-22(4,5)6/h1,9-14H2,2-8H3/q+1. The molecule has 3 radical (unpaired) electrons. The highest BCUT2D eigenvalue weighted by molar-refractivity contribution is 6.84. The number of unbranched alkanes of at least 4 members (excludes halogenated alkanes) is 1. The van der Waals surface area contributed by atoms with Crippen molar-refractivity contribution in [3.05, 3.63) is 12.2 Å². The largest absolute Gasteiger partial charge is 0.456 e. The summed E-state index contributed by atoms with van der Waals surface area (Å²) in [7, 11) is 2.91. The van der Waals surface area contributed by atoms with Gasteiger partial charge in [-0.05, 0) is 58.5 Å². The molecule has 1 unspecified atom stereocenters. The quantitative estimate of drug-likeness (QED) is 0.241. The highest BCUT2D eigenvalue weighted by atomic mass is 28.4. The molecule has 0 aromatic heterocycles. The zero-order valence-electron chi connectivity index (χ0n) is 16.1. The van der Waals surface area contributed by atoms with Crippen molar-refractivity contribution in [3.8, 4) is 0 Å². The molecule has 0 N–H and O–H groups in total. The van der Waals surface area contributed by atoms with Crippen molar-refractivity contribution >= 4 is 33.0 Å². The summed E-state index contributed by atoms with van der Waals surface area (Å²) >= 11 is 0. The first-order valence-electron chi connectivity index (χ1n) is 8.37. The van der Waals surface area contributed by atoms with Crippen LogP contribution < -0.4 is 0 Å². The van der Waals surface area contributed by atoms with Crippen LogP contribution in [0.4, 0.5) is 0 Å². The van der Waals surface area contributed by atoms with Gasteiger partial charge in [0.1, 0.15) is 6.61 Å². The molecule has 7 heteroatoms. The fraction of sp³-hybridized carbons (Fsp3) is 0.812. The maximum absolute atomic E-state index is 11.4. The minimum Gasteiger partial charge on any atom is -0.456 e. The highest BCUT2D eigenvalue weighted by Crippen LogP contribution is 2.21. The van der Waals surface area contributed by atoms with E-state index in [1.807, 2.05) is 0 Å². The molecule has 0 rings (SSSR count). The zero-order valence-corrected chi connectivity index (χ0v) is 19.1. The van der Waals surface area contributed by atoms with E-state index in [1.54, 1.807) is 6.92 Å². The molecule has 0 fully saturated rings. The summed E-state index contributed by atoms with van der Waals surface area (Å²) < 4.78 is 12.2. The highest BCUT2D eigenvalue weighted by Gasteiger charge is 2.29. The lowest BCUT2D eigenvalue weighted by molar-refractivity contribution is -0.796. The molecule has 0 bridgehead atoms. The van der Waals surface area contributed by atoms with Crippen molar-refractivity contribution in [1.82, 2.24) is 0 Å². The molecule has 4 nitrogen and oxygen atoms in total. The molecule has 133 valence electrons. The van der Waals surface area contributed by atoms with Gasteiger partial charge in [0.15, 0.2) is 16.6 Å². The molecular weight excluding hydrogens is 338 g/mol. The first-order chi connectivity index (χ1) is 10.2. The van der Waals surface area contributed by atoms with Crippen LogP contribution in [0.5, 0.6) is 0 Å². The van der Waals surface area contributed by atoms with Crippen LogP contribution >= 0.6 is 0 Å². The normalized spacial score (nSPS) is 15.1. The van der Waals surface area contributed by atoms with Crippen molar-refractivity contribution in [1.29, 1.82) is 0 Å². The topological polar surface area (TPSA) is 35.5 Å². The monoisotopic (exact) mass is 373 g/mol. The summed E-state index contributed by atoms with van der Waals surface area (Å²) in [5, 5.41) is 0. The summed E-state index contributed by atoms with van der Waals surface area (Å²) in [6, 6.07) is 1.20. The molecule has 0 aliphatic heterocycles. The number of ether oxygens (including phenoxy) is 1. The average Bonchev–Trinajstić information content (AvgIpc) is 2.31. The van der Waals surface area contributed by atoms with Gasteiger partial charge in [0.05, 0.1) is 20.1 Å². The Kier molecular flexibility index (Phi) is 9.22. The van der Waals surface area contributed by atoms with E-state index < -0.39 is 16.6 Å². The van der Waals surface area contributed by atoms with E-state index in [4.69, 9.17) is 8.85 Å². The smallest absolute Gasteiger partial charge is 0.449 e. The predicted octanol–water partition coefficient (Wildman–Crippen LogP) is 3.47. The maximum atomic E-state index is 11.4. The Morgan fingerprint density at radius 2 is 1.70 bits per heavy atom.